The lowest BCUT2D eigenvalue weighted by molar-refractivity contribution is 0.367. The molecule has 0 bridgehead atoms. The van der Waals surface area contributed by atoms with Crippen molar-refractivity contribution in [1.29, 1.82) is 0 Å². The van der Waals surface area contributed by atoms with E-state index < -0.39 is 0 Å². The second kappa shape index (κ2) is 11.8. The average Bonchev–Trinajstić information content (AvgIpc) is 2.77. The maximum Gasteiger partial charge on any atom is 0.194 e. The molecule has 1 aliphatic heterocycles. The number of para-hydroxylation sites is 2. The van der Waals surface area contributed by atoms with Crippen molar-refractivity contribution in [3.05, 3.63) is 48.2 Å². The van der Waals surface area contributed by atoms with Gasteiger partial charge in [0.15, 0.2) is 5.96 Å². The van der Waals surface area contributed by atoms with Gasteiger partial charge >= 0.3 is 0 Å². The van der Waals surface area contributed by atoms with Gasteiger partial charge in [0.25, 0.3) is 0 Å². The second-order valence-electron chi connectivity index (χ2n) is 7.20. The topological polar surface area (TPSA) is 56.2 Å². The van der Waals surface area contributed by atoms with E-state index in [0.717, 1.165) is 61.6 Å². The lowest BCUT2D eigenvalue weighted by Crippen LogP contribution is -2.52. The van der Waals surface area contributed by atoms with Gasteiger partial charge in [-0.15, -0.1) is 24.0 Å². The predicted octanol–water partition coefficient (Wildman–Crippen LogP) is 3.06. The molecule has 0 amide bonds. The summed E-state index contributed by atoms with van der Waals surface area (Å²) in [7, 11) is 5.73. The van der Waals surface area contributed by atoms with E-state index in [2.05, 4.69) is 39.2 Å². The van der Waals surface area contributed by atoms with Crippen LogP contribution in [0.4, 0.5) is 11.5 Å². The van der Waals surface area contributed by atoms with Crippen molar-refractivity contribution in [2.75, 3.05) is 63.7 Å². The van der Waals surface area contributed by atoms with Gasteiger partial charge in [-0.05, 0) is 31.2 Å². The quantitative estimate of drug-likeness (QED) is 0.356. The summed E-state index contributed by atoms with van der Waals surface area (Å²) in [4.78, 5) is 16.2. The lowest BCUT2D eigenvalue weighted by atomic mass is 10.2. The zero-order valence-corrected chi connectivity index (χ0v) is 20.7. The van der Waals surface area contributed by atoms with Crippen LogP contribution in [0.15, 0.2) is 47.5 Å². The summed E-state index contributed by atoms with van der Waals surface area (Å²) in [5.41, 5.74) is 2.13. The number of aliphatic imine (C=N–C) groups is 1. The molecule has 1 aliphatic rings. The highest BCUT2D eigenvalue weighted by Gasteiger charge is 2.21. The number of methoxy groups -OCH3 is 1. The van der Waals surface area contributed by atoms with Crippen LogP contribution in [0.5, 0.6) is 5.75 Å². The fourth-order valence-corrected chi connectivity index (χ4v) is 3.44. The maximum atomic E-state index is 5.52. The standard InChI is InChI=1S/C22H32N6O.HI/c1-5-23-22(24-17-18-9-8-12-21(25-18)26(2)3)28-15-13-27(14-16-28)19-10-6-7-11-20(19)29-4;/h6-12H,5,13-17H2,1-4H3,(H,23,24);1H. The van der Waals surface area contributed by atoms with Crippen molar-refractivity contribution < 1.29 is 4.74 Å². The van der Waals surface area contributed by atoms with Crippen LogP contribution >= 0.6 is 24.0 Å². The van der Waals surface area contributed by atoms with Crippen LogP contribution in [-0.4, -0.2) is 69.8 Å². The van der Waals surface area contributed by atoms with Gasteiger partial charge in [-0.1, -0.05) is 18.2 Å². The summed E-state index contributed by atoms with van der Waals surface area (Å²) in [5.74, 6) is 2.82. The molecule has 0 saturated carbocycles. The van der Waals surface area contributed by atoms with Crippen LogP contribution in [-0.2, 0) is 6.54 Å². The minimum atomic E-state index is 0. The molecular formula is C22H33IN6O. The molecule has 2 heterocycles. The van der Waals surface area contributed by atoms with Gasteiger partial charge in [0.2, 0.25) is 0 Å². The number of anilines is 2. The zero-order valence-electron chi connectivity index (χ0n) is 18.3. The Balaban J connectivity index is 0.00000320. The Bertz CT molecular complexity index is 821. The minimum Gasteiger partial charge on any atom is -0.495 e. The molecule has 7 nitrogen and oxygen atoms in total. The molecule has 0 unspecified atom stereocenters. The van der Waals surface area contributed by atoms with Crippen LogP contribution in [0.3, 0.4) is 0 Å². The number of halogens is 1. The molecule has 1 aromatic heterocycles. The predicted molar refractivity (Wildman–Crippen MR) is 136 cm³/mol. The van der Waals surface area contributed by atoms with Gasteiger partial charge in [-0.3, -0.25) is 0 Å². The molecule has 164 valence electrons. The Hall–Kier alpha value is -2.23. The van der Waals surface area contributed by atoms with E-state index in [4.69, 9.17) is 9.73 Å². The monoisotopic (exact) mass is 524 g/mol. The number of hydrogen-bond acceptors (Lipinski definition) is 5. The van der Waals surface area contributed by atoms with E-state index in [1.807, 2.05) is 49.3 Å². The van der Waals surface area contributed by atoms with E-state index >= 15 is 0 Å². The summed E-state index contributed by atoms with van der Waals surface area (Å²) in [6, 6.07) is 14.3. The fourth-order valence-electron chi connectivity index (χ4n) is 3.44. The summed E-state index contributed by atoms with van der Waals surface area (Å²) in [6.07, 6.45) is 0. The number of pyridine rings is 1. The Morgan fingerprint density at radius 1 is 1.10 bits per heavy atom. The molecule has 3 rings (SSSR count). The zero-order chi connectivity index (χ0) is 20.6. The number of benzene rings is 1. The number of rotatable bonds is 6. The van der Waals surface area contributed by atoms with Crippen LogP contribution in [0, 0.1) is 0 Å². The highest BCUT2D eigenvalue weighted by atomic mass is 127. The number of hydrogen-bond donors (Lipinski definition) is 1. The van der Waals surface area contributed by atoms with Crippen LogP contribution in [0.25, 0.3) is 0 Å². The third kappa shape index (κ3) is 6.13. The van der Waals surface area contributed by atoms with E-state index in [1.54, 1.807) is 7.11 Å². The number of nitrogens with one attached hydrogen (secondary N) is 1. The Kier molecular flexibility index (Phi) is 9.48. The van der Waals surface area contributed by atoms with E-state index in [9.17, 15) is 0 Å². The van der Waals surface area contributed by atoms with Gasteiger partial charge in [-0.25, -0.2) is 9.98 Å². The molecule has 30 heavy (non-hydrogen) atoms. The SMILES string of the molecule is CCNC(=NCc1cccc(N(C)C)n1)N1CCN(c2ccccc2OC)CC1.I. The second-order valence-corrected chi connectivity index (χ2v) is 7.20. The van der Waals surface area contributed by atoms with Gasteiger partial charge in [-0.2, -0.15) is 0 Å². The lowest BCUT2D eigenvalue weighted by Gasteiger charge is -2.38. The normalized spacial score (nSPS) is 14.2. The first kappa shape index (κ1) is 24.0. The molecule has 1 aromatic carbocycles. The first-order valence-electron chi connectivity index (χ1n) is 10.2. The van der Waals surface area contributed by atoms with Crippen LogP contribution in [0.1, 0.15) is 12.6 Å². The van der Waals surface area contributed by atoms with E-state index in [1.165, 1.54) is 0 Å². The number of piperazine rings is 1. The minimum absolute atomic E-state index is 0. The molecule has 0 radical (unpaired) electrons. The van der Waals surface area contributed by atoms with Crippen molar-refractivity contribution in [3.8, 4) is 5.75 Å². The summed E-state index contributed by atoms with van der Waals surface area (Å²) in [6.45, 7) is 7.20. The first-order chi connectivity index (χ1) is 14.1. The maximum absolute atomic E-state index is 5.52. The van der Waals surface area contributed by atoms with Crippen LogP contribution in [0.2, 0.25) is 0 Å². The van der Waals surface area contributed by atoms with E-state index in [-0.39, 0.29) is 24.0 Å². The van der Waals surface area contributed by atoms with Gasteiger partial charge in [0, 0.05) is 46.8 Å². The third-order valence-electron chi connectivity index (χ3n) is 4.98. The number of aromatic nitrogens is 1. The smallest absolute Gasteiger partial charge is 0.194 e. The number of ether oxygens (including phenoxy) is 1. The molecule has 8 heteroatoms. The molecule has 0 spiro atoms. The number of nitrogens with zero attached hydrogens (tertiary/aromatic N) is 5. The molecular weight excluding hydrogens is 491 g/mol. The molecule has 0 atom stereocenters. The Morgan fingerprint density at radius 2 is 1.83 bits per heavy atom. The Morgan fingerprint density at radius 3 is 2.50 bits per heavy atom. The molecule has 1 N–H and O–H groups in total. The van der Waals surface area contributed by atoms with Crippen molar-refractivity contribution in [2.45, 2.75) is 13.5 Å². The summed E-state index contributed by atoms with van der Waals surface area (Å²) in [5, 5.41) is 3.43. The van der Waals surface area contributed by atoms with Crippen molar-refractivity contribution in [3.63, 3.8) is 0 Å². The number of guanidine groups is 1. The van der Waals surface area contributed by atoms with Crippen molar-refractivity contribution in [2.24, 2.45) is 4.99 Å². The molecule has 1 fully saturated rings. The van der Waals surface area contributed by atoms with Gasteiger partial charge in [0.1, 0.15) is 11.6 Å². The largest absolute Gasteiger partial charge is 0.495 e. The van der Waals surface area contributed by atoms with Crippen molar-refractivity contribution in [1.82, 2.24) is 15.2 Å². The van der Waals surface area contributed by atoms with Gasteiger partial charge in [0.05, 0.1) is 25.0 Å². The first-order valence-corrected chi connectivity index (χ1v) is 10.2. The van der Waals surface area contributed by atoms with E-state index in [0.29, 0.717) is 6.54 Å². The highest BCUT2D eigenvalue weighted by molar-refractivity contribution is 14.0. The summed E-state index contributed by atoms with van der Waals surface area (Å²) < 4.78 is 5.52. The molecule has 1 saturated heterocycles. The van der Waals surface area contributed by atoms with Crippen LogP contribution < -0.4 is 19.9 Å². The fraction of sp³-hybridized carbons (Fsp3) is 0.455. The molecule has 0 aliphatic carbocycles. The average molecular weight is 524 g/mol. The van der Waals surface area contributed by atoms with Gasteiger partial charge < -0.3 is 24.8 Å². The Labute approximate surface area is 197 Å². The third-order valence-corrected chi connectivity index (χ3v) is 4.98. The highest BCUT2D eigenvalue weighted by Crippen LogP contribution is 2.28. The summed E-state index contributed by atoms with van der Waals surface area (Å²) >= 11 is 0. The molecule has 2 aromatic rings. The van der Waals surface area contributed by atoms with Crippen molar-refractivity contribution >= 4 is 41.4 Å².